The normalized spacial score (nSPS) is 10.5. The fourth-order valence-corrected chi connectivity index (χ4v) is 3.04. The molecule has 0 radical (unpaired) electrons. The Morgan fingerprint density at radius 1 is 0.867 bits per heavy atom. The van der Waals surface area contributed by atoms with Gasteiger partial charge in [-0.1, -0.05) is 61.8 Å². The largest absolute Gasteiger partial charge is 0.484 e. The highest BCUT2D eigenvalue weighted by Gasteiger charge is 2.13. The molecule has 6 heteroatoms. The van der Waals surface area contributed by atoms with Crippen LogP contribution in [0.1, 0.15) is 35.7 Å². The van der Waals surface area contributed by atoms with E-state index in [4.69, 9.17) is 16.3 Å². The molecule has 3 rings (SSSR count). The minimum Gasteiger partial charge on any atom is -0.484 e. The van der Waals surface area contributed by atoms with Crippen LogP contribution < -0.4 is 15.4 Å². The maximum atomic E-state index is 12.5. The van der Waals surface area contributed by atoms with Crippen LogP contribution in [-0.2, 0) is 4.79 Å². The first-order valence-corrected chi connectivity index (χ1v) is 9.99. The summed E-state index contributed by atoms with van der Waals surface area (Å²) in [5.41, 5.74) is 2.50. The number of nitrogens with one attached hydrogen (secondary N) is 2. The first-order chi connectivity index (χ1) is 14.4. The van der Waals surface area contributed by atoms with Crippen molar-refractivity contribution in [2.24, 2.45) is 0 Å². The molecule has 0 fully saturated rings. The zero-order valence-corrected chi connectivity index (χ0v) is 17.6. The van der Waals surface area contributed by atoms with Crippen molar-refractivity contribution in [1.29, 1.82) is 0 Å². The van der Waals surface area contributed by atoms with E-state index in [1.807, 2.05) is 24.3 Å². The summed E-state index contributed by atoms with van der Waals surface area (Å²) in [7, 11) is 0. The number of rotatable bonds is 7. The van der Waals surface area contributed by atoms with E-state index in [1.165, 1.54) is 5.56 Å². The van der Waals surface area contributed by atoms with Crippen LogP contribution in [0.4, 0.5) is 11.4 Å². The highest BCUT2D eigenvalue weighted by molar-refractivity contribution is 6.34. The molecule has 0 aliphatic rings. The van der Waals surface area contributed by atoms with Gasteiger partial charge < -0.3 is 15.4 Å². The first-order valence-electron chi connectivity index (χ1n) is 9.61. The summed E-state index contributed by atoms with van der Waals surface area (Å²) >= 11 is 6.09. The van der Waals surface area contributed by atoms with Gasteiger partial charge in [-0.05, 0) is 47.9 Å². The number of hydrogen-bond donors (Lipinski definition) is 2. The monoisotopic (exact) mass is 422 g/mol. The van der Waals surface area contributed by atoms with Crippen LogP contribution in [-0.4, -0.2) is 18.4 Å². The summed E-state index contributed by atoms with van der Waals surface area (Å²) in [6, 6.07) is 21.4. The van der Waals surface area contributed by atoms with Crippen molar-refractivity contribution in [1.82, 2.24) is 0 Å². The van der Waals surface area contributed by atoms with Gasteiger partial charge >= 0.3 is 0 Å². The van der Waals surface area contributed by atoms with Crippen molar-refractivity contribution in [3.63, 3.8) is 0 Å². The number of carbonyl (C=O) groups is 2. The molecule has 0 aliphatic carbocycles. The third-order valence-electron chi connectivity index (χ3n) is 4.48. The van der Waals surface area contributed by atoms with Crippen LogP contribution in [0.3, 0.4) is 0 Å². The van der Waals surface area contributed by atoms with Gasteiger partial charge in [-0.15, -0.1) is 0 Å². The molecule has 0 heterocycles. The Hall–Kier alpha value is -3.31. The van der Waals surface area contributed by atoms with Crippen LogP contribution in [0.5, 0.6) is 5.75 Å². The Morgan fingerprint density at radius 2 is 1.47 bits per heavy atom. The number of benzene rings is 3. The lowest BCUT2D eigenvalue weighted by molar-refractivity contribution is -0.118. The summed E-state index contributed by atoms with van der Waals surface area (Å²) < 4.78 is 5.56. The fourth-order valence-electron chi connectivity index (χ4n) is 2.82. The molecule has 0 spiro atoms. The molecular weight excluding hydrogens is 400 g/mol. The number of anilines is 2. The molecule has 2 amide bonds. The van der Waals surface area contributed by atoms with Crippen molar-refractivity contribution in [3.8, 4) is 5.75 Å². The van der Waals surface area contributed by atoms with Crippen molar-refractivity contribution >= 4 is 34.8 Å². The average Bonchev–Trinajstić information content (AvgIpc) is 2.74. The van der Waals surface area contributed by atoms with Crippen LogP contribution in [0.25, 0.3) is 0 Å². The van der Waals surface area contributed by atoms with Crippen molar-refractivity contribution < 1.29 is 14.3 Å². The highest BCUT2D eigenvalue weighted by atomic mass is 35.5. The molecule has 5 nitrogen and oxygen atoms in total. The van der Waals surface area contributed by atoms with Gasteiger partial charge in [0.25, 0.3) is 11.8 Å². The molecule has 2 N–H and O–H groups in total. The van der Waals surface area contributed by atoms with Gasteiger partial charge in [0.15, 0.2) is 6.61 Å². The van der Waals surface area contributed by atoms with Gasteiger partial charge in [0.1, 0.15) is 5.75 Å². The highest BCUT2D eigenvalue weighted by Crippen LogP contribution is 2.24. The molecule has 154 valence electrons. The van der Waals surface area contributed by atoms with Gasteiger partial charge in [0.05, 0.1) is 22.0 Å². The molecule has 0 bridgehead atoms. The van der Waals surface area contributed by atoms with Crippen LogP contribution in [0.2, 0.25) is 5.02 Å². The number of para-hydroxylation sites is 2. The van der Waals surface area contributed by atoms with E-state index in [1.54, 1.807) is 48.5 Å². The molecule has 0 saturated heterocycles. The standard InChI is InChI=1S/C24H23ClN2O3/c1-16(2)17-11-13-18(14-12-17)30-15-23(28)26-21-9-5-6-10-22(21)27-24(29)19-7-3-4-8-20(19)25/h3-14,16H,15H2,1-2H3,(H,26,28)(H,27,29). The van der Waals surface area contributed by atoms with Gasteiger partial charge in [-0.3, -0.25) is 9.59 Å². The Balaban J connectivity index is 1.62. The van der Waals surface area contributed by atoms with E-state index in [0.717, 1.165) is 0 Å². The second-order valence-electron chi connectivity index (χ2n) is 7.04. The third-order valence-corrected chi connectivity index (χ3v) is 4.81. The Labute approximate surface area is 181 Å². The predicted molar refractivity (Wildman–Crippen MR) is 121 cm³/mol. The van der Waals surface area contributed by atoms with E-state index in [9.17, 15) is 9.59 Å². The molecule has 0 aromatic heterocycles. The Bertz CT molecular complexity index is 1030. The van der Waals surface area contributed by atoms with Crippen LogP contribution in [0, 0.1) is 0 Å². The predicted octanol–water partition coefficient (Wildman–Crippen LogP) is 5.73. The van der Waals surface area contributed by atoms with E-state index >= 15 is 0 Å². The molecule has 3 aromatic carbocycles. The maximum absolute atomic E-state index is 12.5. The summed E-state index contributed by atoms with van der Waals surface area (Å²) in [6.45, 7) is 4.09. The lowest BCUT2D eigenvalue weighted by Gasteiger charge is -2.13. The second kappa shape index (κ2) is 9.94. The number of hydrogen-bond acceptors (Lipinski definition) is 3. The third kappa shape index (κ3) is 5.61. The smallest absolute Gasteiger partial charge is 0.262 e. The van der Waals surface area contributed by atoms with Gasteiger partial charge in [0, 0.05) is 0 Å². The Kier molecular flexibility index (Phi) is 7.09. The number of carbonyl (C=O) groups excluding carboxylic acids is 2. The van der Waals surface area contributed by atoms with Gasteiger partial charge in [-0.2, -0.15) is 0 Å². The number of ether oxygens (including phenoxy) is 1. The second-order valence-corrected chi connectivity index (χ2v) is 7.45. The molecule has 0 unspecified atom stereocenters. The number of amides is 2. The fraction of sp³-hybridized carbons (Fsp3) is 0.167. The Morgan fingerprint density at radius 3 is 2.10 bits per heavy atom. The van der Waals surface area contributed by atoms with E-state index in [-0.39, 0.29) is 18.4 Å². The lowest BCUT2D eigenvalue weighted by atomic mass is 10.0. The van der Waals surface area contributed by atoms with Crippen LogP contribution >= 0.6 is 11.6 Å². The summed E-state index contributed by atoms with van der Waals surface area (Å²) in [5.74, 6) is 0.362. The zero-order chi connectivity index (χ0) is 21.5. The van der Waals surface area contributed by atoms with Gasteiger partial charge in [-0.25, -0.2) is 0 Å². The lowest BCUT2D eigenvalue weighted by Crippen LogP contribution is -2.21. The van der Waals surface area contributed by atoms with Crippen molar-refractivity contribution in [3.05, 3.63) is 88.9 Å². The summed E-state index contributed by atoms with van der Waals surface area (Å²) in [6.07, 6.45) is 0. The van der Waals surface area contributed by atoms with E-state index in [0.29, 0.717) is 33.6 Å². The average molecular weight is 423 g/mol. The SMILES string of the molecule is CC(C)c1ccc(OCC(=O)Nc2ccccc2NC(=O)c2ccccc2Cl)cc1. The summed E-state index contributed by atoms with van der Waals surface area (Å²) in [4.78, 5) is 24.9. The van der Waals surface area contributed by atoms with Crippen molar-refractivity contribution in [2.75, 3.05) is 17.2 Å². The number of halogens is 1. The van der Waals surface area contributed by atoms with E-state index < -0.39 is 0 Å². The summed E-state index contributed by atoms with van der Waals surface area (Å²) in [5, 5.41) is 5.91. The quantitative estimate of drug-likeness (QED) is 0.510. The maximum Gasteiger partial charge on any atom is 0.262 e. The van der Waals surface area contributed by atoms with Crippen LogP contribution in [0.15, 0.2) is 72.8 Å². The minimum atomic E-state index is -0.358. The van der Waals surface area contributed by atoms with Gasteiger partial charge in [0.2, 0.25) is 0 Å². The molecule has 3 aromatic rings. The zero-order valence-electron chi connectivity index (χ0n) is 16.8. The first kappa shape index (κ1) is 21.4. The minimum absolute atomic E-state index is 0.145. The van der Waals surface area contributed by atoms with E-state index in [2.05, 4.69) is 24.5 Å². The molecule has 0 saturated carbocycles. The molecule has 30 heavy (non-hydrogen) atoms. The molecular formula is C24H23ClN2O3. The molecule has 0 aliphatic heterocycles. The van der Waals surface area contributed by atoms with Crippen molar-refractivity contribution in [2.45, 2.75) is 19.8 Å². The topological polar surface area (TPSA) is 67.4 Å². The molecule has 0 atom stereocenters.